The Hall–Kier alpha value is -2.43. The number of carbonyl (C=O) groups is 1. The van der Waals surface area contributed by atoms with Gasteiger partial charge in [0.1, 0.15) is 5.75 Å². The highest BCUT2D eigenvalue weighted by molar-refractivity contribution is 7.99. The predicted molar refractivity (Wildman–Crippen MR) is 101 cm³/mol. The number of nitrogens with zero attached hydrogens (tertiary/aromatic N) is 1. The van der Waals surface area contributed by atoms with E-state index in [1.807, 2.05) is 54.6 Å². The third kappa shape index (κ3) is 2.77. The molecule has 5 heteroatoms. The normalized spacial score (nSPS) is 12.3. The summed E-state index contributed by atoms with van der Waals surface area (Å²) in [7, 11) is 1.57. The third-order valence-corrected chi connectivity index (χ3v) is 5.39. The molecule has 1 heterocycles. The molecule has 1 amide bonds. The summed E-state index contributed by atoms with van der Waals surface area (Å²) in [4.78, 5) is 17.1. The first-order chi connectivity index (χ1) is 12.2. The summed E-state index contributed by atoms with van der Waals surface area (Å²) < 4.78 is 5.38. The van der Waals surface area contributed by atoms with Crippen LogP contribution in [0.5, 0.6) is 5.75 Å². The second-order valence-corrected chi connectivity index (χ2v) is 7.04. The van der Waals surface area contributed by atoms with Gasteiger partial charge in [-0.25, -0.2) is 0 Å². The maximum atomic E-state index is 13.4. The molecule has 3 aromatic carbocycles. The van der Waals surface area contributed by atoms with Gasteiger partial charge in [0.2, 0.25) is 0 Å². The van der Waals surface area contributed by atoms with Gasteiger partial charge in [-0.05, 0) is 42.5 Å². The van der Waals surface area contributed by atoms with Crippen LogP contribution >= 0.6 is 23.4 Å². The summed E-state index contributed by atoms with van der Waals surface area (Å²) in [6, 6.07) is 20.7. The molecule has 0 saturated carbocycles. The molecule has 0 aliphatic carbocycles. The fourth-order valence-electron chi connectivity index (χ4n) is 2.89. The number of benzene rings is 3. The number of amides is 1. The van der Waals surface area contributed by atoms with E-state index in [2.05, 4.69) is 0 Å². The second-order valence-electron chi connectivity index (χ2n) is 5.52. The Morgan fingerprint density at radius 3 is 2.52 bits per heavy atom. The van der Waals surface area contributed by atoms with Crippen molar-refractivity contribution >= 4 is 40.6 Å². The Balaban J connectivity index is 1.92. The van der Waals surface area contributed by atoms with Gasteiger partial charge in [-0.2, -0.15) is 0 Å². The highest BCUT2D eigenvalue weighted by Gasteiger charge is 2.30. The van der Waals surface area contributed by atoms with Crippen LogP contribution in [0, 0.1) is 0 Å². The molecule has 124 valence electrons. The Labute approximate surface area is 155 Å². The maximum absolute atomic E-state index is 13.4. The SMILES string of the molecule is COc1ccccc1C(=O)N1c2ccccc2Sc2ccc(Cl)cc21. The molecule has 1 aliphatic rings. The van der Waals surface area contributed by atoms with E-state index in [1.165, 1.54) is 0 Å². The van der Waals surface area contributed by atoms with Crippen molar-refractivity contribution in [1.29, 1.82) is 0 Å². The van der Waals surface area contributed by atoms with Crippen LogP contribution in [0.4, 0.5) is 11.4 Å². The summed E-state index contributed by atoms with van der Waals surface area (Å²) >= 11 is 7.84. The molecular weight excluding hydrogens is 354 g/mol. The van der Waals surface area contributed by atoms with E-state index in [9.17, 15) is 4.79 Å². The molecule has 0 unspecified atom stereocenters. The molecule has 0 bridgehead atoms. The lowest BCUT2D eigenvalue weighted by atomic mass is 10.1. The molecule has 1 aliphatic heterocycles. The summed E-state index contributed by atoms with van der Waals surface area (Å²) in [6.45, 7) is 0. The van der Waals surface area contributed by atoms with Gasteiger partial charge in [-0.15, -0.1) is 0 Å². The van der Waals surface area contributed by atoms with Gasteiger partial charge >= 0.3 is 0 Å². The third-order valence-electron chi connectivity index (χ3n) is 4.03. The van der Waals surface area contributed by atoms with Crippen molar-refractivity contribution in [3.05, 3.63) is 77.3 Å². The number of ether oxygens (including phenoxy) is 1. The lowest BCUT2D eigenvalue weighted by Crippen LogP contribution is -2.28. The van der Waals surface area contributed by atoms with E-state index >= 15 is 0 Å². The summed E-state index contributed by atoms with van der Waals surface area (Å²) in [6.07, 6.45) is 0. The number of halogens is 1. The zero-order chi connectivity index (χ0) is 17.4. The standard InChI is InChI=1S/C20H14ClNO2S/c1-24-17-8-4-2-6-14(17)20(23)22-15-7-3-5-9-18(15)25-19-11-10-13(21)12-16(19)22/h2-12H,1H3. The van der Waals surface area contributed by atoms with Gasteiger partial charge < -0.3 is 4.74 Å². The fourth-order valence-corrected chi connectivity index (χ4v) is 4.09. The Bertz CT molecular complexity index is 973. The highest BCUT2D eigenvalue weighted by Crippen LogP contribution is 2.49. The van der Waals surface area contributed by atoms with Crippen LogP contribution in [0.3, 0.4) is 0 Å². The molecule has 0 radical (unpaired) electrons. The second kappa shape index (κ2) is 6.47. The molecule has 0 saturated heterocycles. The van der Waals surface area contributed by atoms with Crippen molar-refractivity contribution in [3.63, 3.8) is 0 Å². The van der Waals surface area contributed by atoms with Crippen LogP contribution in [0.25, 0.3) is 0 Å². The molecular formula is C20H14ClNO2S. The molecule has 0 N–H and O–H groups in total. The Morgan fingerprint density at radius 1 is 0.960 bits per heavy atom. The Morgan fingerprint density at radius 2 is 1.68 bits per heavy atom. The number of para-hydroxylation sites is 2. The summed E-state index contributed by atoms with van der Waals surface area (Å²) in [5.41, 5.74) is 2.14. The van der Waals surface area contributed by atoms with Crippen molar-refractivity contribution in [2.24, 2.45) is 0 Å². The average Bonchev–Trinajstić information content (AvgIpc) is 2.65. The van der Waals surface area contributed by atoms with Gasteiger partial charge in [-0.1, -0.05) is 47.6 Å². The smallest absolute Gasteiger partial charge is 0.266 e. The van der Waals surface area contributed by atoms with Crippen molar-refractivity contribution in [2.45, 2.75) is 9.79 Å². The van der Waals surface area contributed by atoms with Gasteiger partial charge in [0.05, 0.1) is 24.0 Å². The summed E-state index contributed by atoms with van der Waals surface area (Å²) in [5.74, 6) is 0.403. The zero-order valence-electron chi connectivity index (χ0n) is 13.4. The number of rotatable bonds is 2. The molecule has 0 aromatic heterocycles. The monoisotopic (exact) mass is 367 g/mol. The minimum absolute atomic E-state index is 0.145. The molecule has 0 fully saturated rings. The molecule has 3 aromatic rings. The lowest BCUT2D eigenvalue weighted by Gasteiger charge is -2.31. The van der Waals surface area contributed by atoms with Crippen molar-refractivity contribution in [1.82, 2.24) is 0 Å². The summed E-state index contributed by atoms with van der Waals surface area (Å²) in [5, 5.41) is 0.594. The number of methoxy groups -OCH3 is 1. The van der Waals surface area contributed by atoms with Gasteiger partial charge in [0.25, 0.3) is 5.91 Å². The number of hydrogen-bond acceptors (Lipinski definition) is 3. The molecule has 3 nitrogen and oxygen atoms in total. The van der Waals surface area contributed by atoms with E-state index in [0.717, 1.165) is 21.2 Å². The van der Waals surface area contributed by atoms with Crippen molar-refractivity contribution < 1.29 is 9.53 Å². The first kappa shape index (κ1) is 16.1. The van der Waals surface area contributed by atoms with Gasteiger partial charge in [0, 0.05) is 14.8 Å². The van der Waals surface area contributed by atoms with Crippen LogP contribution in [0.2, 0.25) is 5.02 Å². The van der Waals surface area contributed by atoms with Crippen LogP contribution in [0.1, 0.15) is 10.4 Å². The highest BCUT2D eigenvalue weighted by atomic mass is 35.5. The molecule has 25 heavy (non-hydrogen) atoms. The maximum Gasteiger partial charge on any atom is 0.266 e. The van der Waals surface area contributed by atoms with E-state index in [1.54, 1.807) is 35.9 Å². The number of anilines is 2. The zero-order valence-corrected chi connectivity index (χ0v) is 15.0. The van der Waals surface area contributed by atoms with E-state index < -0.39 is 0 Å². The largest absolute Gasteiger partial charge is 0.496 e. The fraction of sp³-hybridized carbons (Fsp3) is 0.0500. The molecule has 4 rings (SSSR count). The molecule has 0 spiro atoms. The van der Waals surface area contributed by atoms with Gasteiger partial charge in [0.15, 0.2) is 0 Å². The number of fused-ring (bicyclic) bond motifs is 2. The van der Waals surface area contributed by atoms with Crippen molar-refractivity contribution in [3.8, 4) is 5.75 Å². The van der Waals surface area contributed by atoms with E-state index in [0.29, 0.717) is 16.3 Å². The average molecular weight is 368 g/mol. The quantitative estimate of drug-likeness (QED) is 0.574. The minimum Gasteiger partial charge on any atom is -0.496 e. The van der Waals surface area contributed by atoms with Crippen LogP contribution in [-0.4, -0.2) is 13.0 Å². The van der Waals surface area contributed by atoms with Crippen molar-refractivity contribution in [2.75, 3.05) is 12.0 Å². The topological polar surface area (TPSA) is 29.5 Å². The van der Waals surface area contributed by atoms with E-state index in [-0.39, 0.29) is 5.91 Å². The first-order valence-electron chi connectivity index (χ1n) is 7.73. The van der Waals surface area contributed by atoms with Crippen LogP contribution in [-0.2, 0) is 0 Å². The Kier molecular flexibility index (Phi) is 4.15. The molecule has 0 atom stereocenters. The minimum atomic E-state index is -0.145. The van der Waals surface area contributed by atoms with Crippen LogP contribution in [0.15, 0.2) is 76.5 Å². The van der Waals surface area contributed by atoms with Crippen LogP contribution < -0.4 is 9.64 Å². The lowest BCUT2D eigenvalue weighted by molar-refractivity contribution is 0.0995. The number of hydrogen-bond donors (Lipinski definition) is 0. The predicted octanol–water partition coefficient (Wildman–Crippen LogP) is 5.79. The number of carbonyl (C=O) groups excluding carboxylic acids is 1. The van der Waals surface area contributed by atoms with E-state index in [4.69, 9.17) is 16.3 Å². The van der Waals surface area contributed by atoms with Gasteiger partial charge in [-0.3, -0.25) is 9.69 Å². The first-order valence-corrected chi connectivity index (χ1v) is 8.92.